The lowest BCUT2D eigenvalue weighted by Gasteiger charge is -2.29. The number of anilines is 1. The van der Waals surface area contributed by atoms with E-state index in [0.717, 1.165) is 36.8 Å². The molecule has 0 radical (unpaired) electrons. The molecule has 1 aromatic carbocycles. The van der Waals surface area contributed by atoms with Crippen LogP contribution in [0.1, 0.15) is 71.1 Å². The number of benzene rings is 1. The van der Waals surface area contributed by atoms with Crippen LogP contribution in [-0.2, 0) is 31.5 Å². The number of rotatable bonds is 10. The van der Waals surface area contributed by atoms with E-state index in [0.29, 0.717) is 47.2 Å². The monoisotopic (exact) mass is 665 g/mol. The summed E-state index contributed by atoms with van der Waals surface area (Å²) < 4.78 is 37.2. The second-order valence-electron chi connectivity index (χ2n) is 12.6. The number of hydrogen-bond donors (Lipinski definition) is 1. The van der Waals surface area contributed by atoms with Crippen molar-refractivity contribution in [2.75, 3.05) is 12.4 Å². The van der Waals surface area contributed by atoms with E-state index in [9.17, 15) is 13.2 Å². The van der Waals surface area contributed by atoms with Crippen LogP contribution < -0.4 is 10.1 Å². The van der Waals surface area contributed by atoms with E-state index in [1.54, 1.807) is 36.5 Å². The number of ether oxygens (including phenoxy) is 2. The summed E-state index contributed by atoms with van der Waals surface area (Å²) in [5.41, 5.74) is 3.50. The van der Waals surface area contributed by atoms with E-state index in [-0.39, 0.29) is 33.6 Å². The van der Waals surface area contributed by atoms with Gasteiger partial charge in [-0.3, -0.25) is 4.79 Å². The Morgan fingerprint density at radius 2 is 1.78 bits per heavy atom. The summed E-state index contributed by atoms with van der Waals surface area (Å²) in [4.78, 5) is 31.1. The van der Waals surface area contributed by atoms with Crippen LogP contribution in [0.25, 0.3) is 22.3 Å². The van der Waals surface area contributed by atoms with Crippen LogP contribution in [-0.4, -0.2) is 53.1 Å². The molecule has 4 aromatic rings. The maximum Gasteiger partial charge on any atom is 0.306 e. The molecule has 12 heteroatoms. The highest BCUT2D eigenvalue weighted by Crippen LogP contribution is 2.33. The topological polar surface area (TPSA) is 133 Å². The predicted molar refractivity (Wildman–Crippen MR) is 179 cm³/mol. The van der Waals surface area contributed by atoms with E-state index in [2.05, 4.69) is 22.2 Å². The zero-order valence-electron chi connectivity index (χ0n) is 26.8. The normalized spacial score (nSPS) is 17.1. The molecule has 3 heterocycles. The molecule has 1 aliphatic carbocycles. The van der Waals surface area contributed by atoms with Gasteiger partial charge in [-0.15, -0.1) is 0 Å². The molecule has 0 amide bonds. The largest absolute Gasteiger partial charge is 0.480 e. The number of pyridine rings is 2. The summed E-state index contributed by atoms with van der Waals surface area (Å²) in [5, 5.41) is 3.66. The summed E-state index contributed by atoms with van der Waals surface area (Å²) >= 11 is 6.15. The van der Waals surface area contributed by atoms with Crippen molar-refractivity contribution < 1.29 is 22.7 Å². The van der Waals surface area contributed by atoms with Gasteiger partial charge in [0.05, 0.1) is 51.4 Å². The minimum atomic E-state index is -3.72. The van der Waals surface area contributed by atoms with Crippen LogP contribution >= 0.6 is 11.6 Å². The van der Waals surface area contributed by atoms with Gasteiger partial charge in [0.2, 0.25) is 11.8 Å². The van der Waals surface area contributed by atoms with Crippen LogP contribution in [0.3, 0.4) is 0 Å². The zero-order chi connectivity index (χ0) is 33.1. The van der Waals surface area contributed by atoms with Crippen molar-refractivity contribution in [2.24, 2.45) is 5.92 Å². The van der Waals surface area contributed by atoms with Crippen LogP contribution in [0, 0.1) is 5.92 Å². The van der Waals surface area contributed by atoms with Gasteiger partial charge in [-0.25, -0.2) is 28.4 Å². The summed E-state index contributed by atoms with van der Waals surface area (Å²) in [5.74, 6) is 0.685. The third kappa shape index (κ3) is 8.11. The first kappa shape index (κ1) is 33.5. The van der Waals surface area contributed by atoms with Gasteiger partial charge in [0.15, 0.2) is 9.84 Å². The Bertz CT molecular complexity index is 1840. The van der Waals surface area contributed by atoms with Crippen LogP contribution in [0.4, 0.5) is 5.95 Å². The van der Waals surface area contributed by atoms with Gasteiger partial charge in [-0.05, 0) is 94.7 Å². The van der Waals surface area contributed by atoms with Gasteiger partial charge in [0.1, 0.15) is 11.1 Å². The fourth-order valence-corrected chi connectivity index (χ4v) is 7.60. The molecule has 1 fully saturated rings. The molecule has 244 valence electrons. The Labute approximate surface area is 275 Å². The number of halogens is 1. The lowest BCUT2D eigenvalue weighted by Crippen LogP contribution is -2.30. The van der Waals surface area contributed by atoms with Crippen LogP contribution in [0.5, 0.6) is 5.88 Å². The lowest BCUT2D eigenvalue weighted by molar-refractivity contribution is -0.156. The molecule has 0 bridgehead atoms. The first-order chi connectivity index (χ1) is 21.8. The molecule has 0 unspecified atom stereocenters. The Hall–Kier alpha value is -3.83. The van der Waals surface area contributed by atoms with Crippen molar-refractivity contribution in [2.45, 2.75) is 88.5 Å². The van der Waals surface area contributed by atoms with Gasteiger partial charge >= 0.3 is 5.97 Å². The first-order valence-electron chi connectivity index (χ1n) is 15.5. The molecule has 0 atom stereocenters. The number of hydrogen-bond acceptors (Lipinski definition) is 10. The van der Waals surface area contributed by atoms with Gasteiger partial charge < -0.3 is 14.8 Å². The number of carbonyl (C=O) groups excluding carboxylic acids is 1. The Kier molecular flexibility index (Phi) is 10.1. The minimum Gasteiger partial charge on any atom is -0.480 e. The van der Waals surface area contributed by atoms with Crippen molar-refractivity contribution in [3.63, 3.8) is 0 Å². The minimum absolute atomic E-state index is 0.0602. The highest BCUT2D eigenvalue weighted by Gasteiger charge is 2.26. The summed E-state index contributed by atoms with van der Waals surface area (Å²) in [6.45, 7) is 7.73. The number of aromatic nitrogens is 4. The van der Waals surface area contributed by atoms with E-state index in [4.69, 9.17) is 31.0 Å². The van der Waals surface area contributed by atoms with E-state index in [1.807, 2.05) is 26.8 Å². The fourth-order valence-electron chi connectivity index (χ4n) is 5.76. The number of esters is 1. The molecule has 5 rings (SSSR count). The highest BCUT2D eigenvalue weighted by molar-refractivity contribution is 7.90. The number of fused-ring (bicyclic) bond motifs is 1. The number of nitrogens with zero attached hydrogens (tertiary/aromatic N) is 4. The number of aryl methyl sites for hydroxylation is 1. The fraction of sp³-hybridized carbons (Fsp3) is 0.441. The van der Waals surface area contributed by atoms with E-state index in [1.165, 1.54) is 13.2 Å². The van der Waals surface area contributed by atoms with Gasteiger partial charge in [0, 0.05) is 12.5 Å². The molecule has 0 saturated heterocycles. The van der Waals surface area contributed by atoms with Crippen molar-refractivity contribution in [1.82, 2.24) is 19.9 Å². The molecule has 0 aliphatic heterocycles. The summed E-state index contributed by atoms with van der Waals surface area (Å²) in [6, 6.07) is 12.0. The second-order valence-corrected chi connectivity index (χ2v) is 15.0. The molecule has 0 spiro atoms. The molecule has 1 saturated carbocycles. The van der Waals surface area contributed by atoms with Crippen LogP contribution in [0.15, 0.2) is 53.6 Å². The maximum absolute atomic E-state index is 13.0. The zero-order valence-corrected chi connectivity index (χ0v) is 28.4. The van der Waals surface area contributed by atoms with Gasteiger partial charge in [0.25, 0.3) is 0 Å². The maximum atomic E-state index is 13.0. The molecule has 46 heavy (non-hydrogen) atoms. The third-order valence-electron chi connectivity index (χ3n) is 7.96. The summed E-state index contributed by atoms with van der Waals surface area (Å²) in [7, 11) is -2.23. The van der Waals surface area contributed by atoms with E-state index < -0.39 is 15.4 Å². The molecule has 3 aromatic heterocycles. The third-order valence-corrected chi connectivity index (χ3v) is 10.1. The van der Waals surface area contributed by atoms with Gasteiger partial charge in [-0.2, -0.15) is 0 Å². The standard InChI is InChI=1S/C34H40ClN5O5S/c1-6-22-18-27(25-16-15-24(37-32(25)44-5)20-46(42,43)29-10-8-7-9-26(29)35)39-28-19-36-33(40-31(22)28)38-23-13-11-21(12-14-23)17-30(41)45-34(2,3)4/h7-10,15-16,18-19,21,23H,6,11-14,17,20H2,1-5H3,(H,36,38,40). The molecular formula is C34H40ClN5O5S. The first-order valence-corrected chi connectivity index (χ1v) is 17.5. The van der Waals surface area contributed by atoms with Crippen molar-refractivity contribution in [1.29, 1.82) is 0 Å². The Morgan fingerprint density at radius 1 is 1.04 bits per heavy atom. The van der Waals surface area contributed by atoms with Crippen molar-refractivity contribution >= 4 is 44.4 Å². The quantitative estimate of drug-likeness (QED) is 0.177. The Morgan fingerprint density at radius 3 is 2.46 bits per heavy atom. The number of nitrogens with one attached hydrogen (secondary N) is 1. The SMILES string of the molecule is CCc1cc(-c2ccc(CS(=O)(=O)c3ccccc3Cl)nc2OC)nc2cnc(NC3CCC(CC(=O)OC(C)(C)C)CC3)nc12. The smallest absolute Gasteiger partial charge is 0.306 e. The number of carbonyl (C=O) groups is 1. The molecular weight excluding hydrogens is 626 g/mol. The summed E-state index contributed by atoms with van der Waals surface area (Å²) in [6.07, 6.45) is 6.61. The second kappa shape index (κ2) is 13.9. The van der Waals surface area contributed by atoms with E-state index >= 15 is 0 Å². The van der Waals surface area contributed by atoms with Crippen LogP contribution in [0.2, 0.25) is 5.02 Å². The van der Waals surface area contributed by atoms with Gasteiger partial charge in [-0.1, -0.05) is 30.7 Å². The number of methoxy groups -OCH3 is 1. The average molecular weight is 666 g/mol. The molecule has 1 aliphatic rings. The Balaban J connectivity index is 1.31. The van der Waals surface area contributed by atoms with Crippen molar-refractivity contribution in [3.05, 3.63) is 64.9 Å². The molecule has 10 nitrogen and oxygen atoms in total. The number of sulfone groups is 1. The highest BCUT2D eigenvalue weighted by atomic mass is 35.5. The van der Waals surface area contributed by atoms with Crippen molar-refractivity contribution in [3.8, 4) is 17.1 Å². The average Bonchev–Trinajstić information content (AvgIpc) is 3.00. The predicted octanol–water partition coefficient (Wildman–Crippen LogP) is 6.99. The molecule has 1 N–H and O–H groups in total. The lowest BCUT2D eigenvalue weighted by atomic mass is 9.84.